The van der Waals surface area contributed by atoms with Crippen molar-refractivity contribution in [2.75, 3.05) is 6.23 Å². The summed E-state index contributed by atoms with van der Waals surface area (Å²) in [5, 5.41) is 0. The third-order valence-electron chi connectivity index (χ3n) is 1.86. The zero-order chi connectivity index (χ0) is 17.5. The van der Waals surface area contributed by atoms with E-state index in [1.807, 2.05) is 6.55 Å². The van der Waals surface area contributed by atoms with Gasteiger partial charge in [-0.25, -0.2) is 4.79 Å². The Bertz CT molecular complexity index is 329. The fourth-order valence-corrected chi connectivity index (χ4v) is 13.5. The predicted octanol–water partition coefficient (Wildman–Crippen LogP) is 2.82. The Morgan fingerprint density at radius 1 is 0.952 bits per heavy atom. The van der Waals surface area contributed by atoms with Crippen molar-refractivity contribution in [2.24, 2.45) is 0 Å². The minimum Gasteiger partial charge on any atom is -0.460 e. The number of carbonyl (C=O) groups is 1. The molecule has 0 aliphatic heterocycles. The van der Waals surface area contributed by atoms with Crippen LogP contribution in [0.4, 0.5) is 0 Å². The van der Waals surface area contributed by atoms with Gasteiger partial charge in [0.25, 0.3) is 0 Å². The Balaban J connectivity index is 0. The summed E-state index contributed by atoms with van der Waals surface area (Å²) < 4.78 is 17.7. The molecule has 0 spiro atoms. The highest BCUT2D eigenvalue weighted by Gasteiger charge is 2.41. The molecule has 0 saturated heterocycles. The van der Waals surface area contributed by atoms with Crippen LogP contribution in [0.2, 0.25) is 52.4 Å². The SMILES string of the molecule is C=C(C)C(=O)OC[Si](C)(O[Si](C)(C)C)O[Si](C)(C)C.C[SiH3]. The molecule has 0 aromatic rings. The average molecular weight is 367 g/mol. The van der Waals surface area contributed by atoms with Crippen LogP contribution in [-0.4, -0.2) is 47.6 Å². The number of hydrogen-bond acceptors (Lipinski definition) is 4. The van der Waals surface area contributed by atoms with Gasteiger partial charge in [0.05, 0.1) is 0 Å². The normalized spacial score (nSPS) is 12.4. The van der Waals surface area contributed by atoms with E-state index in [-0.39, 0.29) is 12.2 Å². The van der Waals surface area contributed by atoms with E-state index < -0.39 is 25.2 Å². The average Bonchev–Trinajstić information content (AvgIpc) is 2.23. The number of esters is 1. The maximum Gasteiger partial charge on any atom is 0.353 e. The van der Waals surface area contributed by atoms with Crippen LogP contribution in [0.1, 0.15) is 6.92 Å². The standard InChI is InChI=1S/C12H28O4Si3.CH6Si/c1-11(2)12(13)14-10-19(9,15-17(3,4)5)16-18(6,7)8;1-2/h1,10H2,2-9H3;1-2H3. The molecule has 0 saturated carbocycles. The first-order chi connectivity index (χ1) is 9.24. The molecule has 0 atom stereocenters. The fraction of sp³-hybridized carbons (Fsp3) is 0.769. The summed E-state index contributed by atoms with van der Waals surface area (Å²) in [6, 6.07) is 0. The third-order valence-corrected chi connectivity index (χ3v) is 10.9. The molecular weight excluding hydrogens is 332 g/mol. The summed E-state index contributed by atoms with van der Waals surface area (Å²) in [7, 11) is -4.68. The van der Waals surface area contributed by atoms with E-state index in [0.29, 0.717) is 5.57 Å². The fourth-order valence-electron chi connectivity index (χ4n) is 1.69. The molecule has 0 aromatic heterocycles. The van der Waals surface area contributed by atoms with Crippen LogP contribution < -0.4 is 0 Å². The third kappa shape index (κ3) is 13.4. The van der Waals surface area contributed by atoms with Crippen LogP contribution in [0, 0.1) is 0 Å². The van der Waals surface area contributed by atoms with Crippen molar-refractivity contribution in [3.05, 3.63) is 12.2 Å². The van der Waals surface area contributed by atoms with Gasteiger partial charge in [0, 0.05) is 5.57 Å². The molecule has 126 valence electrons. The van der Waals surface area contributed by atoms with E-state index in [4.69, 9.17) is 13.0 Å². The van der Waals surface area contributed by atoms with Gasteiger partial charge in [0.15, 0.2) is 16.6 Å². The molecule has 0 bridgehead atoms. The van der Waals surface area contributed by atoms with Crippen LogP contribution in [0.5, 0.6) is 0 Å². The minimum atomic E-state index is -2.49. The first-order valence-electron chi connectivity index (χ1n) is 7.47. The number of ether oxygens (including phenoxy) is 1. The second-order valence-corrected chi connectivity index (χ2v) is 19.6. The van der Waals surface area contributed by atoms with Gasteiger partial charge in [-0.1, -0.05) is 13.1 Å². The van der Waals surface area contributed by atoms with Crippen LogP contribution in [-0.2, 0) is 17.8 Å². The quantitative estimate of drug-likeness (QED) is 0.395. The van der Waals surface area contributed by atoms with E-state index in [9.17, 15) is 4.79 Å². The molecule has 0 N–H and O–H groups in total. The predicted molar refractivity (Wildman–Crippen MR) is 102 cm³/mol. The lowest BCUT2D eigenvalue weighted by Crippen LogP contribution is -2.56. The molecule has 0 rings (SSSR count). The van der Waals surface area contributed by atoms with E-state index in [1.54, 1.807) is 6.92 Å². The molecule has 21 heavy (non-hydrogen) atoms. The van der Waals surface area contributed by atoms with Crippen LogP contribution in [0.15, 0.2) is 12.2 Å². The zero-order valence-electron chi connectivity index (χ0n) is 15.5. The van der Waals surface area contributed by atoms with Crippen LogP contribution in [0.3, 0.4) is 0 Å². The van der Waals surface area contributed by atoms with Crippen molar-refractivity contribution < 1.29 is 17.8 Å². The topological polar surface area (TPSA) is 44.8 Å². The lowest BCUT2D eigenvalue weighted by Gasteiger charge is -2.37. The maximum atomic E-state index is 11.5. The molecule has 0 heterocycles. The molecular formula is C13H34O4Si4. The van der Waals surface area contributed by atoms with Gasteiger partial charge >= 0.3 is 14.5 Å². The minimum absolute atomic E-state index is 0.229. The molecule has 0 unspecified atom stereocenters. The van der Waals surface area contributed by atoms with Crippen molar-refractivity contribution in [2.45, 2.75) is 59.3 Å². The Labute approximate surface area is 137 Å². The zero-order valence-corrected chi connectivity index (χ0v) is 20.5. The van der Waals surface area contributed by atoms with Gasteiger partial charge in [0.1, 0.15) is 6.23 Å². The summed E-state index contributed by atoms with van der Waals surface area (Å²) in [6.45, 7) is 22.0. The van der Waals surface area contributed by atoms with E-state index in [2.05, 4.69) is 52.4 Å². The Kier molecular flexibility index (Phi) is 10.2. The highest BCUT2D eigenvalue weighted by molar-refractivity contribution is 6.87. The largest absolute Gasteiger partial charge is 0.460 e. The number of rotatable bonds is 7. The van der Waals surface area contributed by atoms with Gasteiger partial charge in [-0.2, -0.15) is 0 Å². The number of carbonyl (C=O) groups excluding carboxylic acids is 1. The monoisotopic (exact) mass is 366 g/mol. The highest BCUT2D eigenvalue weighted by Crippen LogP contribution is 2.21. The molecule has 0 aliphatic rings. The lowest BCUT2D eigenvalue weighted by atomic mass is 10.4. The lowest BCUT2D eigenvalue weighted by molar-refractivity contribution is -0.137. The van der Waals surface area contributed by atoms with Crippen LogP contribution >= 0.6 is 0 Å². The second kappa shape index (κ2) is 9.21. The van der Waals surface area contributed by atoms with Gasteiger partial charge in [-0.3, -0.25) is 0 Å². The number of hydrogen-bond donors (Lipinski definition) is 0. The van der Waals surface area contributed by atoms with Gasteiger partial charge < -0.3 is 13.0 Å². The molecule has 0 amide bonds. The Morgan fingerprint density at radius 2 is 1.29 bits per heavy atom. The summed E-state index contributed by atoms with van der Waals surface area (Å²) in [4.78, 5) is 11.5. The molecule has 0 radical (unpaired) electrons. The van der Waals surface area contributed by atoms with Gasteiger partial charge in [-0.05, 0) is 63.0 Å². The van der Waals surface area contributed by atoms with Gasteiger partial charge in [0.2, 0.25) is 0 Å². The Morgan fingerprint density at radius 3 is 1.52 bits per heavy atom. The molecule has 0 fully saturated rings. The van der Waals surface area contributed by atoms with E-state index >= 15 is 0 Å². The van der Waals surface area contributed by atoms with Gasteiger partial charge in [-0.15, -0.1) is 0 Å². The first-order valence-corrected chi connectivity index (χ1v) is 18.8. The maximum absolute atomic E-state index is 11.5. The van der Waals surface area contributed by atoms with Crippen molar-refractivity contribution >= 4 is 41.4 Å². The molecule has 8 heteroatoms. The second-order valence-electron chi connectivity index (χ2n) is 6.92. The van der Waals surface area contributed by atoms with E-state index in [0.717, 1.165) is 0 Å². The van der Waals surface area contributed by atoms with Crippen molar-refractivity contribution in [3.63, 3.8) is 0 Å². The molecule has 4 nitrogen and oxygen atoms in total. The molecule has 0 aromatic carbocycles. The Hall–Kier alpha value is -0.00247. The summed E-state index contributed by atoms with van der Waals surface area (Å²) >= 11 is 0. The smallest absolute Gasteiger partial charge is 0.353 e. The van der Waals surface area contributed by atoms with Crippen molar-refractivity contribution in [3.8, 4) is 0 Å². The van der Waals surface area contributed by atoms with Crippen LogP contribution in [0.25, 0.3) is 0 Å². The van der Waals surface area contributed by atoms with Crippen molar-refractivity contribution in [1.29, 1.82) is 0 Å². The highest BCUT2D eigenvalue weighted by atomic mass is 28.5. The first kappa shape index (κ1) is 23.3. The van der Waals surface area contributed by atoms with Crippen molar-refractivity contribution in [1.82, 2.24) is 0 Å². The summed E-state index contributed by atoms with van der Waals surface area (Å²) in [5.74, 6) is -0.378. The summed E-state index contributed by atoms with van der Waals surface area (Å²) in [6.07, 6.45) is 0.229. The molecule has 0 aliphatic carbocycles. The summed E-state index contributed by atoms with van der Waals surface area (Å²) in [5.41, 5.74) is 0.400. The van der Waals surface area contributed by atoms with E-state index in [1.165, 1.54) is 10.2 Å².